The highest BCUT2D eigenvalue weighted by molar-refractivity contribution is 7.10. The minimum Gasteiger partial charge on any atom is -0.356 e. The number of rotatable bonds is 5. The molecule has 1 aromatic heterocycles. The molecule has 0 spiro atoms. The lowest BCUT2D eigenvalue weighted by atomic mass is 9.91. The highest BCUT2D eigenvalue weighted by atomic mass is 32.1. The Morgan fingerprint density at radius 1 is 1.18 bits per heavy atom. The summed E-state index contributed by atoms with van der Waals surface area (Å²) in [5.41, 5.74) is 0.645. The summed E-state index contributed by atoms with van der Waals surface area (Å²) < 4.78 is 13.6. The van der Waals surface area contributed by atoms with Crippen molar-refractivity contribution in [2.24, 2.45) is 4.99 Å². The summed E-state index contributed by atoms with van der Waals surface area (Å²) in [6, 6.07) is 11.0. The number of hydrogen-bond donors (Lipinski definition) is 2. The molecule has 0 atom stereocenters. The fraction of sp³-hybridized carbons (Fsp3) is 0.353. The van der Waals surface area contributed by atoms with Gasteiger partial charge in [-0.1, -0.05) is 38.1 Å². The number of halogens is 1. The molecule has 0 saturated heterocycles. The molecule has 0 amide bonds. The standard InChI is InChI=1S/C17H22FN3S/c1-17(2,15-9-6-10-22-15)12-21-16(19-3)20-11-13-7-4-5-8-14(13)18/h4-10H,11-12H2,1-3H3,(H2,19,20,21). The maximum atomic E-state index is 13.6. The monoisotopic (exact) mass is 319 g/mol. The van der Waals surface area contributed by atoms with Crippen LogP contribution in [0, 0.1) is 5.82 Å². The third-order valence-corrected chi connectivity index (χ3v) is 4.75. The Morgan fingerprint density at radius 3 is 2.59 bits per heavy atom. The molecule has 0 saturated carbocycles. The van der Waals surface area contributed by atoms with Gasteiger partial charge in [0.05, 0.1) is 0 Å². The summed E-state index contributed by atoms with van der Waals surface area (Å²) in [7, 11) is 1.72. The molecule has 118 valence electrons. The van der Waals surface area contributed by atoms with Crippen LogP contribution in [0.2, 0.25) is 0 Å². The van der Waals surface area contributed by atoms with Crippen molar-refractivity contribution in [2.75, 3.05) is 13.6 Å². The van der Waals surface area contributed by atoms with Crippen molar-refractivity contribution >= 4 is 17.3 Å². The zero-order chi connectivity index (χ0) is 16.0. The van der Waals surface area contributed by atoms with Gasteiger partial charge < -0.3 is 10.6 Å². The van der Waals surface area contributed by atoms with Crippen LogP contribution in [-0.2, 0) is 12.0 Å². The average molecular weight is 319 g/mol. The second-order valence-electron chi connectivity index (χ2n) is 5.73. The maximum absolute atomic E-state index is 13.6. The van der Waals surface area contributed by atoms with Crippen molar-refractivity contribution in [2.45, 2.75) is 25.8 Å². The fourth-order valence-corrected chi connectivity index (χ4v) is 2.95. The molecule has 3 nitrogen and oxygen atoms in total. The number of guanidine groups is 1. The molecular formula is C17H22FN3S. The van der Waals surface area contributed by atoms with E-state index in [1.54, 1.807) is 30.5 Å². The predicted molar refractivity (Wildman–Crippen MR) is 91.9 cm³/mol. The molecule has 2 aromatic rings. The minimum absolute atomic E-state index is 0.0176. The second-order valence-corrected chi connectivity index (χ2v) is 6.68. The lowest BCUT2D eigenvalue weighted by Gasteiger charge is -2.25. The van der Waals surface area contributed by atoms with Gasteiger partial charge in [-0.25, -0.2) is 4.39 Å². The first kappa shape index (κ1) is 16.5. The number of nitrogens with one attached hydrogen (secondary N) is 2. The third kappa shape index (κ3) is 4.31. The maximum Gasteiger partial charge on any atom is 0.191 e. The van der Waals surface area contributed by atoms with Crippen LogP contribution in [-0.4, -0.2) is 19.6 Å². The van der Waals surface area contributed by atoms with Gasteiger partial charge in [-0.3, -0.25) is 4.99 Å². The zero-order valence-corrected chi connectivity index (χ0v) is 14.0. The minimum atomic E-state index is -0.204. The van der Waals surface area contributed by atoms with Crippen molar-refractivity contribution < 1.29 is 4.39 Å². The number of nitrogens with zero attached hydrogens (tertiary/aromatic N) is 1. The summed E-state index contributed by atoms with van der Waals surface area (Å²) in [6.07, 6.45) is 0. The zero-order valence-electron chi connectivity index (χ0n) is 13.2. The van der Waals surface area contributed by atoms with Crippen LogP contribution in [0.15, 0.2) is 46.8 Å². The summed E-state index contributed by atoms with van der Waals surface area (Å²) in [5.74, 6) is 0.470. The topological polar surface area (TPSA) is 36.4 Å². The Balaban J connectivity index is 1.89. The molecule has 2 rings (SSSR count). The van der Waals surface area contributed by atoms with Gasteiger partial charge in [0.25, 0.3) is 0 Å². The van der Waals surface area contributed by atoms with Crippen LogP contribution in [0.1, 0.15) is 24.3 Å². The van der Waals surface area contributed by atoms with E-state index in [4.69, 9.17) is 0 Å². The van der Waals surface area contributed by atoms with Gasteiger partial charge in [0.1, 0.15) is 5.82 Å². The molecule has 0 aliphatic carbocycles. The van der Waals surface area contributed by atoms with Crippen LogP contribution in [0.3, 0.4) is 0 Å². The van der Waals surface area contributed by atoms with E-state index < -0.39 is 0 Å². The molecular weight excluding hydrogens is 297 g/mol. The lowest BCUT2D eigenvalue weighted by Crippen LogP contribution is -2.43. The Kier molecular flexibility index (Phi) is 5.55. The van der Waals surface area contributed by atoms with Gasteiger partial charge in [-0.05, 0) is 17.5 Å². The van der Waals surface area contributed by atoms with Crippen molar-refractivity contribution in [3.05, 3.63) is 58.0 Å². The van der Waals surface area contributed by atoms with Crippen LogP contribution < -0.4 is 10.6 Å². The van der Waals surface area contributed by atoms with E-state index in [1.807, 2.05) is 6.07 Å². The summed E-state index contributed by atoms with van der Waals surface area (Å²) in [4.78, 5) is 5.52. The number of benzene rings is 1. The van der Waals surface area contributed by atoms with Crippen molar-refractivity contribution in [1.29, 1.82) is 0 Å². The van der Waals surface area contributed by atoms with E-state index in [9.17, 15) is 4.39 Å². The largest absolute Gasteiger partial charge is 0.356 e. The number of thiophene rings is 1. The highest BCUT2D eigenvalue weighted by Crippen LogP contribution is 2.26. The Bertz CT molecular complexity index is 621. The van der Waals surface area contributed by atoms with Crippen LogP contribution >= 0.6 is 11.3 Å². The molecule has 0 fully saturated rings. The Labute approximate surface area is 135 Å². The van der Waals surface area contributed by atoms with Gasteiger partial charge in [0.15, 0.2) is 5.96 Å². The quantitative estimate of drug-likeness (QED) is 0.653. The Hall–Kier alpha value is -1.88. The Morgan fingerprint density at radius 2 is 1.95 bits per heavy atom. The molecule has 0 aliphatic rings. The van der Waals surface area contributed by atoms with E-state index in [1.165, 1.54) is 10.9 Å². The molecule has 0 unspecified atom stereocenters. The number of aliphatic imine (C=N–C) groups is 1. The van der Waals surface area contributed by atoms with E-state index in [-0.39, 0.29) is 11.2 Å². The van der Waals surface area contributed by atoms with E-state index >= 15 is 0 Å². The second kappa shape index (κ2) is 7.40. The molecule has 0 aliphatic heterocycles. The predicted octanol–water partition coefficient (Wildman–Crippen LogP) is 3.53. The van der Waals surface area contributed by atoms with Gasteiger partial charge >= 0.3 is 0 Å². The third-order valence-electron chi connectivity index (χ3n) is 3.51. The number of hydrogen-bond acceptors (Lipinski definition) is 2. The molecule has 0 radical (unpaired) electrons. The van der Waals surface area contributed by atoms with Crippen molar-refractivity contribution in [3.63, 3.8) is 0 Å². The van der Waals surface area contributed by atoms with Crippen molar-refractivity contribution in [1.82, 2.24) is 10.6 Å². The van der Waals surface area contributed by atoms with Gasteiger partial charge in [0, 0.05) is 36.0 Å². The first-order chi connectivity index (χ1) is 10.5. The summed E-state index contributed by atoms with van der Waals surface area (Å²) >= 11 is 1.75. The molecule has 0 bridgehead atoms. The van der Waals surface area contributed by atoms with Crippen molar-refractivity contribution in [3.8, 4) is 0 Å². The van der Waals surface area contributed by atoms with Gasteiger partial charge in [-0.2, -0.15) is 0 Å². The summed E-state index contributed by atoms with van der Waals surface area (Å²) in [6.45, 7) is 5.54. The van der Waals surface area contributed by atoms with Gasteiger partial charge in [0.2, 0.25) is 0 Å². The SMILES string of the molecule is CN=C(NCc1ccccc1F)NCC(C)(C)c1cccs1. The van der Waals surface area contributed by atoms with Crippen LogP contribution in [0.5, 0.6) is 0 Å². The molecule has 1 aromatic carbocycles. The van der Waals surface area contributed by atoms with E-state index in [0.717, 1.165) is 6.54 Å². The van der Waals surface area contributed by atoms with E-state index in [0.29, 0.717) is 18.1 Å². The lowest BCUT2D eigenvalue weighted by molar-refractivity contribution is 0.518. The van der Waals surface area contributed by atoms with Gasteiger partial charge in [-0.15, -0.1) is 11.3 Å². The first-order valence-corrected chi connectivity index (χ1v) is 8.13. The molecule has 2 N–H and O–H groups in total. The smallest absolute Gasteiger partial charge is 0.191 e. The highest BCUT2D eigenvalue weighted by Gasteiger charge is 2.21. The fourth-order valence-electron chi connectivity index (χ4n) is 2.10. The van der Waals surface area contributed by atoms with Crippen LogP contribution in [0.25, 0.3) is 0 Å². The summed E-state index contributed by atoms with van der Waals surface area (Å²) in [5, 5.41) is 8.54. The molecule has 22 heavy (non-hydrogen) atoms. The van der Waals surface area contributed by atoms with Crippen LogP contribution in [0.4, 0.5) is 4.39 Å². The first-order valence-electron chi connectivity index (χ1n) is 7.25. The normalized spacial score (nSPS) is 12.3. The molecule has 5 heteroatoms. The molecule has 1 heterocycles. The average Bonchev–Trinajstić information content (AvgIpc) is 3.04. The van der Waals surface area contributed by atoms with E-state index in [2.05, 4.69) is 47.0 Å².